The molecule has 3 aromatic rings. The largest absolute Gasteiger partial charge is 0.241 e. The Morgan fingerprint density at radius 3 is 1.75 bits per heavy atom. The lowest BCUT2D eigenvalue weighted by Crippen LogP contribution is -2.30. The highest BCUT2D eigenvalue weighted by atomic mass is 32.2. The lowest BCUT2D eigenvalue weighted by Gasteiger charge is -2.20. The number of benzene rings is 3. The molecule has 3 rings (SSSR count). The Balaban J connectivity index is 1.90. The second-order valence-electron chi connectivity index (χ2n) is 6.52. The quantitative estimate of drug-likeness (QED) is 0.642. The molecule has 0 aliphatic heterocycles. The predicted molar refractivity (Wildman–Crippen MR) is 109 cm³/mol. The van der Waals surface area contributed by atoms with Gasteiger partial charge in [0.1, 0.15) is 0 Å². The smallest absolute Gasteiger partial charge is 0.224 e. The second-order valence-corrected chi connectivity index (χ2v) is 10.2. The molecule has 28 heavy (non-hydrogen) atoms. The van der Waals surface area contributed by atoms with Crippen molar-refractivity contribution in [1.82, 2.24) is 4.72 Å². The first-order valence-electron chi connectivity index (χ1n) is 8.67. The van der Waals surface area contributed by atoms with Crippen LogP contribution in [0, 0.1) is 0 Å². The van der Waals surface area contributed by atoms with E-state index in [-0.39, 0.29) is 9.79 Å². The van der Waals surface area contributed by atoms with Crippen LogP contribution in [-0.2, 0) is 26.3 Å². The van der Waals surface area contributed by atoms with E-state index < -0.39 is 25.9 Å². The fourth-order valence-corrected chi connectivity index (χ4v) is 4.74. The van der Waals surface area contributed by atoms with Gasteiger partial charge in [-0.25, -0.2) is 21.6 Å². The van der Waals surface area contributed by atoms with Crippen LogP contribution in [0.3, 0.4) is 0 Å². The van der Waals surface area contributed by atoms with Gasteiger partial charge in [0, 0.05) is 6.26 Å². The van der Waals surface area contributed by atoms with Gasteiger partial charge in [0.2, 0.25) is 10.0 Å². The van der Waals surface area contributed by atoms with E-state index in [1.54, 1.807) is 0 Å². The van der Waals surface area contributed by atoms with Crippen molar-refractivity contribution in [2.75, 3.05) is 6.26 Å². The van der Waals surface area contributed by atoms with E-state index in [9.17, 15) is 16.8 Å². The van der Waals surface area contributed by atoms with Crippen LogP contribution in [0.5, 0.6) is 0 Å². The molecule has 1 atom stereocenters. The molecule has 0 saturated heterocycles. The first kappa shape index (κ1) is 20.3. The van der Waals surface area contributed by atoms with Crippen LogP contribution in [-0.4, -0.2) is 23.1 Å². The summed E-state index contributed by atoms with van der Waals surface area (Å²) in [6.45, 7) is 0. The minimum Gasteiger partial charge on any atom is -0.224 e. The van der Waals surface area contributed by atoms with E-state index in [1.807, 2.05) is 60.7 Å². The Morgan fingerprint density at radius 2 is 1.21 bits per heavy atom. The van der Waals surface area contributed by atoms with Crippen LogP contribution in [0.25, 0.3) is 0 Å². The number of nitrogens with one attached hydrogen (secondary N) is 1. The van der Waals surface area contributed by atoms with E-state index in [2.05, 4.69) is 4.72 Å². The van der Waals surface area contributed by atoms with Crippen LogP contribution in [0.15, 0.2) is 94.7 Å². The summed E-state index contributed by atoms with van der Waals surface area (Å²) in [5, 5.41) is 0. The third-order valence-corrected chi connectivity index (χ3v) is 6.96. The Kier molecular flexibility index (Phi) is 5.98. The first-order valence-corrected chi connectivity index (χ1v) is 12.0. The number of hydrogen-bond donors (Lipinski definition) is 1. The van der Waals surface area contributed by atoms with Gasteiger partial charge < -0.3 is 0 Å². The van der Waals surface area contributed by atoms with Crippen LogP contribution < -0.4 is 4.72 Å². The number of sulfonamides is 1. The summed E-state index contributed by atoms with van der Waals surface area (Å²) in [7, 11) is -7.22. The van der Waals surface area contributed by atoms with Crippen molar-refractivity contribution in [2.45, 2.75) is 22.3 Å². The Morgan fingerprint density at radius 1 is 0.714 bits per heavy atom. The Labute approximate surface area is 166 Å². The van der Waals surface area contributed by atoms with E-state index in [0.29, 0.717) is 6.42 Å². The van der Waals surface area contributed by atoms with Crippen molar-refractivity contribution in [2.24, 2.45) is 0 Å². The molecule has 146 valence electrons. The normalized spacial score (nSPS) is 13.2. The molecule has 3 aromatic carbocycles. The number of hydrogen-bond acceptors (Lipinski definition) is 4. The molecular formula is C21H21NO4S2. The zero-order valence-corrected chi connectivity index (χ0v) is 16.9. The van der Waals surface area contributed by atoms with Gasteiger partial charge in [-0.1, -0.05) is 60.7 Å². The fraction of sp³-hybridized carbons (Fsp3) is 0.143. The van der Waals surface area contributed by atoms with Crippen molar-refractivity contribution in [3.63, 3.8) is 0 Å². The maximum Gasteiger partial charge on any atom is 0.241 e. The predicted octanol–water partition coefficient (Wildman–Crippen LogP) is 3.35. The van der Waals surface area contributed by atoms with Gasteiger partial charge in [0.15, 0.2) is 9.84 Å². The summed E-state index contributed by atoms with van der Waals surface area (Å²) in [5.74, 6) is 0. The minimum absolute atomic E-state index is 0.0221. The summed E-state index contributed by atoms with van der Waals surface area (Å²) in [4.78, 5) is 0.101. The molecule has 0 aliphatic carbocycles. The molecular weight excluding hydrogens is 394 g/mol. The highest BCUT2D eigenvalue weighted by Gasteiger charge is 2.22. The molecule has 0 aliphatic rings. The minimum atomic E-state index is -3.83. The van der Waals surface area contributed by atoms with E-state index in [0.717, 1.165) is 17.4 Å². The lowest BCUT2D eigenvalue weighted by molar-refractivity contribution is 0.554. The Hall–Kier alpha value is -2.48. The highest BCUT2D eigenvalue weighted by molar-refractivity contribution is 7.90. The summed E-state index contributed by atoms with van der Waals surface area (Å²) in [5.41, 5.74) is 1.86. The van der Waals surface area contributed by atoms with E-state index in [4.69, 9.17) is 0 Å². The van der Waals surface area contributed by atoms with Gasteiger partial charge >= 0.3 is 0 Å². The van der Waals surface area contributed by atoms with Crippen LogP contribution in [0.4, 0.5) is 0 Å². The standard InChI is InChI=1S/C21H21NO4S2/c1-27(23,24)19-12-14-20(15-13-19)28(25,26)22-21(18-10-6-3-7-11-18)16-17-8-4-2-5-9-17/h2-15,21-22H,16H2,1H3. The summed E-state index contributed by atoms with van der Waals surface area (Å²) < 4.78 is 51.8. The number of sulfone groups is 1. The van der Waals surface area contributed by atoms with Crippen molar-refractivity contribution in [1.29, 1.82) is 0 Å². The van der Waals surface area contributed by atoms with Crippen molar-refractivity contribution >= 4 is 19.9 Å². The summed E-state index contributed by atoms with van der Waals surface area (Å²) in [6, 6.07) is 23.8. The maximum absolute atomic E-state index is 12.9. The second kappa shape index (κ2) is 8.26. The first-order chi connectivity index (χ1) is 13.3. The van der Waals surface area contributed by atoms with Gasteiger partial charge in [-0.15, -0.1) is 0 Å². The van der Waals surface area contributed by atoms with Gasteiger partial charge in [0.05, 0.1) is 15.8 Å². The fourth-order valence-electron chi connectivity index (χ4n) is 2.88. The topological polar surface area (TPSA) is 80.3 Å². The zero-order chi connectivity index (χ0) is 20.2. The molecule has 0 saturated carbocycles. The van der Waals surface area contributed by atoms with Crippen LogP contribution in [0.1, 0.15) is 17.2 Å². The van der Waals surface area contributed by atoms with Crippen molar-refractivity contribution in [3.05, 3.63) is 96.1 Å². The third-order valence-electron chi connectivity index (χ3n) is 4.34. The van der Waals surface area contributed by atoms with Gasteiger partial charge in [-0.2, -0.15) is 0 Å². The molecule has 5 nitrogen and oxygen atoms in total. The average Bonchev–Trinajstić information content (AvgIpc) is 2.68. The lowest BCUT2D eigenvalue weighted by atomic mass is 10.00. The van der Waals surface area contributed by atoms with Crippen LogP contribution in [0.2, 0.25) is 0 Å². The molecule has 0 amide bonds. The Bertz CT molecular complexity index is 1130. The molecule has 0 spiro atoms. The molecule has 0 aromatic heterocycles. The SMILES string of the molecule is CS(=O)(=O)c1ccc(S(=O)(=O)NC(Cc2ccccc2)c2ccccc2)cc1. The molecule has 7 heteroatoms. The van der Waals surface area contributed by atoms with Gasteiger partial charge in [0.25, 0.3) is 0 Å². The van der Waals surface area contributed by atoms with Gasteiger partial charge in [-0.05, 0) is 41.8 Å². The molecule has 1 N–H and O–H groups in total. The monoisotopic (exact) mass is 415 g/mol. The maximum atomic E-state index is 12.9. The van der Waals surface area contributed by atoms with E-state index in [1.165, 1.54) is 24.3 Å². The molecule has 1 unspecified atom stereocenters. The average molecular weight is 416 g/mol. The molecule has 0 fully saturated rings. The summed E-state index contributed by atoms with van der Waals surface area (Å²) in [6.07, 6.45) is 1.57. The van der Waals surface area contributed by atoms with Crippen molar-refractivity contribution < 1.29 is 16.8 Å². The van der Waals surface area contributed by atoms with Crippen molar-refractivity contribution in [3.8, 4) is 0 Å². The molecule has 0 radical (unpaired) electrons. The van der Waals surface area contributed by atoms with E-state index >= 15 is 0 Å². The molecule has 0 bridgehead atoms. The summed E-state index contributed by atoms with van der Waals surface area (Å²) >= 11 is 0. The van der Waals surface area contributed by atoms with Crippen LogP contribution >= 0.6 is 0 Å². The zero-order valence-electron chi connectivity index (χ0n) is 15.3. The highest BCUT2D eigenvalue weighted by Crippen LogP contribution is 2.22. The van der Waals surface area contributed by atoms with Gasteiger partial charge in [-0.3, -0.25) is 0 Å². The third kappa shape index (κ3) is 5.07. The number of rotatable bonds is 7. The molecule has 0 heterocycles.